The van der Waals surface area contributed by atoms with Crippen LogP contribution in [0.1, 0.15) is 23.5 Å². The quantitative estimate of drug-likeness (QED) is 0.665. The summed E-state index contributed by atoms with van der Waals surface area (Å²) in [6, 6.07) is 3.27. The molecule has 2 atom stereocenters. The smallest absolute Gasteiger partial charge is 0.336 e. The third kappa shape index (κ3) is 2.23. The number of hydrogen-bond donors (Lipinski definition) is 1. The van der Waals surface area contributed by atoms with Crippen molar-refractivity contribution in [2.75, 3.05) is 21.3 Å². The van der Waals surface area contributed by atoms with Gasteiger partial charge in [0.15, 0.2) is 17.8 Å². The van der Waals surface area contributed by atoms with Crippen molar-refractivity contribution in [3.05, 3.63) is 35.4 Å². The van der Waals surface area contributed by atoms with Gasteiger partial charge < -0.3 is 24.1 Å². The van der Waals surface area contributed by atoms with Gasteiger partial charge in [-0.05, 0) is 17.7 Å². The first-order chi connectivity index (χ1) is 9.53. The van der Waals surface area contributed by atoms with E-state index in [1.165, 1.54) is 21.3 Å². The molecule has 0 aromatic heterocycles. The van der Waals surface area contributed by atoms with Crippen molar-refractivity contribution >= 4 is 5.97 Å². The molecule has 0 spiro atoms. The predicted octanol–water partition coefficient (Wildman–Crippen LogP) is 1.50. The molecule has 0 radical (unpaired) electrons. The Hall–Kier alpha value is -2.05. The van der Waals surface area contributed by atoms with Crippen LogP contribution in [0.4, 0.5) is 0 Å². The topological polar surface area (TPSA) is 74.2 Å². The standard InChI is InChI=1S/C14H16O6/c1-7(13(15)19-4)12-8-5-10(17-2)11(18-3)6-9(8)14(16)20-12/h5-6,12,14,16H,1H2,2-4H3. The monoisotopic (exact) mass is 280 g/mol. The van der Waals surface area contributed by atoms with Crippen LogP contribution in [-0.2, 0) is 14.3 Å². The minimum Gasteiger partial charge on any atom is -0.493 e. The van der Waals surface area contributed by atoms with Crippen molar-refractivity contribution in [2.45, 2.75) is 12.4 Å². The molecule has 6 nitrogen and oxygen atoms in total. The molecule has 1 aromatic rings. The Labute approximate surface area is 116 Å². The van der Waals surface area contributed by atoms with Crippen LogP contribution < -0.4 is 9.47 Å². The van der Waals surface area contributed by atoms with Gasteiger partial charge in [-0.2, -0.15) is 0 Å². The van der Waals surface area contributed by atoms with E-state index in [9.17, 15) is 9.90 Å². The van der Waals surface area contributed by atoms with E-state index in [0.29, 0.717) is 22.6 Å². The summed E-state index contributed by atoms with van der Waals surface area (Å²) < 4.78 is 20.4. The third-order valence-electron chi connectivity index (χ3n) is 3.17. The van der Waals surface area contributed by atoms with Gasteiger partial charge in [-0.1, -0.05) is 6.58 Å². The summed E-state index contributed by atoms with van der Waals surface area (Å²) in [5.41, 5.74) is 1.22. The fourth-order valence-corrected chi connectivity index (χ4v) is 2.13. The van der Waals surface area contributed by atoms with E-state index in [1.807, 2.05) is 0 Å². The van der Waals surface area contributed by atoms with Gasteiger partial charge in [-0.25, -0.2) is 4.79 Å². The van der Waals surface area contributed by atoms with Crippen LogP contribution in [0.25, 0.3) is 0 Å². The highest BCUT2D eigenvalue weighted by Crippen LogP contribution is 2.45. The largest absolute Gasteiger partial charge is 0.493 e. The first-order valence-electron chi connectivity index (χ1n) is 5.90. The normalized spacial score (nSPS) is 20.2. The van der Waals surface area contributed by atoms with E-state index in [4.69, 9.17) is 14.2 Å². The Morgan fingerprint density at radius 3 is 2.25 bits per heavy atom. The highest BCUT2D eigenvalue weighted by Gasteiger charge is 2.36. The Balaban J connectivity index is 2.47. The van der Waals surface area contributed by atoms with Crippen LogP contribution in [0, 0.1) is 0 Å². The molecule has 1 N–H and O–H groups in total. The molecule has 1 aliphatic heterocycles. The molecule has 20 heavy (non-hydrogen) atoms. The predicted molar refractivity (Wildman–Crippen MR) is 69.5 cm³/mol. The number of carbonyl (C=O) groups excluding carboxylic acids is 1. The summed E-state index contributed by atoms with van der Waals surface area (Å²) in [6.07, 6.45) is -1.93. The zero-order chi connectivity index (χ0) is 14.9. The number of esters is 1. The summed E-state index contributed by atoms with van der Waals surface area (Å²) in [5, 5.41) is 9.93. The Morgan fingerprint density at radius 2 is 1.75 bits per heavy atom. The molecular weight excluding hydrogens is 264 g/mol. The lowest BCUT2D eigenvalue weighted by molar-refractivity contribution is -0.142. The van der Waals surface area contributed by atoms with Crippen LogP contribution in [0.2, 0.25) is 0 Å². The lowest BCUT2D eigenvalue weighted by Gasteiger charge is -2.14. The highest BCUT2D eigenvalue weighted by molar-refractivity contribution is 5.89. The van der Waals surface area contributed by atoms with Crippen molar-refractivity contribution in [3.63, 3.8) is 0 Å². The van der Waals surface area contributed by atoms with E-state index >= 15 is 0 Å². The van der Waals surface area contributed by atoms with E-state index in [0.717, 1.165) is 0 Å². The van der Waals surface area contributed by atoms with Gasteiger partial charge in [-0.15, -0.1) is 0 Å². The van der Waals surface area contributed by atoms with E-state index in [-0.39, 0.29) is 5.57 Å². The van der Waals surface area contributed by atoms with Crippen LogP contribution >= 0.6 is 0 Å². The number of ether oxygens (including phenoxy) is 4. The molecule has 2 rings (SSSR count). The maximum atomic E-state index is 11.6. The van der Waals surface area contributed by atoms with E-state index < -0.39 is 18.4 Å². The number of methoxy groups -OCH3 is 3. The molecule has 0 aliphatic carbocycles. The fourth-order valence-electron chi connectivity index (χ4n) is 2.13. The highest BCUT2D eigenvalue weighted by atomic mass is 16.6. The number of aliphatic hydroxyl groups excluding tert-OH is 1. The number of benzene rings is 1. The lowest BCUT2D eigenvalue weighted by Crippen LogP contribution is -2.12. The molecule has 0 fully saturated rings. The third-order valence-corrected chi connectivity index (χ3v) is 3.17. The summed E-state index contributed by atoms with van der Waals surface area (Å²) >= 11 is 0. The van der Waals surface area contributed by atoms with Crippen molar-refractivity contribution in [2.24, 2.45) is 0 Å². The SMILES string of the molecule is C=C(C(=O)OC)C1OC(O)c2cc(OC)c(OC)cc21. The summed E-state index contributed by atoms with van der Waals surface area (Å²) in [5.74, 6) is 0.356. The Kier molecular flexibility index (Phi) is 3.96. The first-order valence-corrected chi connectivity index (χ1v) is 5.90. The molecule has 2 unspecified atom stereocenters. The molecular formula is C14H16O6. The average molecular weight is 280 g/mol. The van der Waals surface area contributed by atoms with Crippen LogP contribution in [0.3, 0.4) is 0 Å². The van der Waals surface area contributed by atoms with Gasteiger partial charge in [0.25, 0.3) is 0 Å². The Bertz CT molecular complexity index is 551. The maximum absolute atomic E-state index is 11.6. The molecule has 0 saturated carbocycles. The summed E-state index contributed by atoms with van der Waals surface area (Å²) in [7, 11) is 4.26. The fraction of sp³-hybridized carbons (Fsp3) is 0.357. The van der Waals surface area contributed by atoms with Gasteiger partial charge in [0.05, 0.1) is 26.9 Å². The molecule has 1 heterocycles. The zero-order valence-corrected chi connectivity index (χ0v) is 11.5. The molecule has 6 heteroatoms. The van der Waals surface area contributed by atoms with Gasteiger partial charge >= 0.3 is 5.97 Å². The maximum Gasteiger partial charge on any atom is 0.336 e. The van der Waals surface area contributed by atoms with Crippen molar-refractivity contribution in [3.8, 4) is 11.5 Å². The van der Waals surface area contributed by atoms with Gasteiger partial charge in [0.1, 0.15) is 6.10 Å². The van der Waals surface area contributed by atoms with Crippen molar-refractivity contribution < 1.29 is 28.8 Å². The second-order valence-electron chi connectivity index (χ2n) is 4.22. The molecule has 0 bridgehead atoms. The van der Waals surface area contributed by atoms with E-state index in [1.54, 1.807) is 12.1 Å². The lowest BCUT2D eigenvalue weighted by atomic mass is 9.99. The number of rotatable bonds is 4. The number of fused-ring (bicyclic) bond motifs is 1. The second-order valence-corrected chi connectivity index (χ2v) is 4.22. The van der Waals surface area contributed by atoms with Gasteiger partial charge in [0.2, 0.25) is 0 Å². The second kappa shape index (κ2) is 5.52. The van der Waals surface area contributed by atoms with Gasteiger partial charge in [0, 0.05) is 5.56 Å². The number of aliphatic hydroxyl groups is 1. The van der Waals surface area contributed by atoms with Crippen molar-refractivity contribution in [1.29, 1.82) is 0 Å². The first kappa shape index (κ1) is 14.4. The van der Waals surface area contributed by atoms with Crippen LogP contribution in [0.5, 0.6) is 11.5 Å². The minimum atomic E-state index is -1.16. The number of hydrogen-bond acceptors (Lipinski definition) is 6. The molecule has 0 amide bonds. The van der Waals surface area contributed by atoms with Crippen LogP contribution in [-0.4, -0.2) is 32.4 Å². The molecule has 1 aromatic carbocycles. The van der Waals surface area contributed by atoms with Gasteiger partial charge in [-0.3, -0.25) is 0 Å². The van der Waals surface area contributed by atoms with E-state index in [2.05, 4.69) is 11.3 Å². The average Bonchev–Trinajstić information content (AvgIpc) is 2.80. The summed E-state index contributed by atoms with van der Waals surface area (Å²) in [4.78, 5) is 11.6. The number of carbonyl (C=O) groups is 1. The Morgan fingerprint density at radius 1 is 1.20 bits per heavy atom. The summed E-state index contributed by atoms with van der Waals surface area (Å²) in [6.45, 7) is 3.66. The van der Waals surface area contributed by atoms with Crippen molar-refractivity contribution in [1.82, 2.24) is 0 Å². The van der Waals surface area contributed by atoms with Crippen LogP contribution in [0.15, 0.2) is 24.3 Å². The zero-order valence-electron chi connectivity index (χ0n) is 11.5. The molecule has 0 saturated heterocycles. The minimum absolute atomic E-state index is 0.109. The molecule has 1 aliphatic rings. The molecule has 108 valence electrons.